The van der Waals surface area contributed by atoms with Crippen molar-refractivity contribution in [1.29, 1.82) is 0 Å². The smallest absolute Gasteiger partial charge is 0.285 e. The molecule has 4 nitrogen and oxygen atoms in total. The molecule has 6 heteroatoms. The van der Waals surface area contributed by atoms with Crippen molar-refractivity contribution >= 4 is 26.5 Å². The number of halogens is 1. The Kier molecular flexibility index (Phi) is 4.47. The SMILES string of the molecule is CC1=C(c2ccc(C(C)C)cc2)S(=O)(=O)N=C1Nc1ccc(F)cc1. The van der Waals surface area contributed by atoms with Gasteiger partial charge in [-0.2, -0.15) is 8.42 Å². The maximum atomic E-state index is 13.0. The van der Waals surface area contributed by atoms with Crippen LogP contribution in [0.15, 0.2) is 58.5 Å². The largest absolute Gasteiger partial charge is 0.339 e. The second kappa shape index (κ2) is 6.44. The highest BCUT2D eigenvalue weighted by molar-refractivity contribution is 8.00. The summed E-state index contributed by atoms with van der Waals surface area (Å²) in [6.45, 7) is 5.88. The highest BCUT2D eigenvalue weighted by Gasteiger charge is 2.31. The summed E-state index contributed by atoms with van der Waals surface area (Å²) in [5.74, 6) is 0.274. The molecule has 0 fully saturated rings. The summed E-state index contributed by atoms with van der Waals surface area (Å²) < 4.78 is 41.9. The van der Waals surface area contributed by atoms with Gasteiger partial charge in [-0.05, 0) is 48.2 Å². The molecular weight excluding hydrogens is 339 g/mol. The third kappa shape index (κ3) is 3.49. The van der Waals surface area contributed by atoms with E-state index in [1.165, 1.54) is 24.3 Å². The van der Waals surface area contributed by atoms with Crippen molar-refractivity contribution in [1.82, 2.24) is 0 Å². The molecule has 0 unspecified atom stereocenters. The molecule has 0 bridgehead atoms. The number of rotatable bonds is 3. The van der Waals surface area contributed by atoms with Gasteiger partial charge < -0.3 is 5.32 Å². The van der Waals surface area contributed by atoms with Crippen LogP contribution in [0.25, 0.3) is 4.91 Å². The van der Waals surface area contributed by atoms with Crippen LogP contribution in [0.3, 0.4) is 0 Å². The number of sulfonamides is 1. The molecule has 1 N–H and O–H groups in total. The maximum absolute atomic E-state index is 13.0. The zero-order valence-corrected chi connectivity index (χ0v) is 15.1. The number of amidine groups is 1. The van der Waals surface area contributed by atoms with Crippen molar-refractivity contribution in [3.8, 4) is 0 Å². The molecule has 0 atom stereocenters. The zero-order valence-electron chi connectivity index (χ0n) is 14.2. The Balaban J connectivity index is 1.96. The number of nitrogens with one attached hydrogen (secondary N) is 1. The van der Waals surface area contributed by atoms with Crippen molar-refractivity contribution < 1.29 is 12.8 Å². The summed E-state index contributed by atoms with van der Waals surface area (Å²) in [5.41, 5.74) is 2.87. The van der Waals surface area contributed by atoms with Gasteiger partial charge in [-0.25, -0.2) is 4.39 Å². The molecule has 0 amide bonds. The molecule has 25 heavy (non-hydrogen) atoms. The summed E-state index contributed by atoms with van der Waals surface area (Å²) in [7, 11) is -3.77. The first kappa shape index (κ1) is 17.4. The third-order valence-electron chi connectivity index (χ3n) is 4.11. The van der Waals surface area contributed by atoms with Crippen LogP contribution in [0.4, 0.5) is 10.1 Å². The van der Waals surface area contributed by atoms with Crippen LogP contribution in [0.2, 0.25) is 0 Å². The van der Waals surface area contributed by atoms with Gasteiger partial charge in [-0.15, -0.1) is 4.40 Å². The summed E-state index contributed by atoms with van der Waals surface area (Å²) >= 11 is 0. The molecule has 2 aromatic carbocycles. The first-order valence-corrected chi connectivity index (χ1v) is 9.41. The lowest BCUT2D eigenvalue weighted by Gasteiger charge is -2.09. The van der Waals surface area contributed by atoms with E-state index < -0.39 is 10.0 Å². The number of hydrogen-bond donors (Lipinski definition) is 1. The molecule has 130 valence electrons. The van der Waals surface area contributed by atoms with Crippen molar-refractivity contribution in [2.24, 2.45) is 4.40 Å². The molecule has 0 aliphatic carbocycles. The lowest BCUT2D eigenvalue weighted by atomic mass is 10.0. The van der Waals surface area contributed by atoms with E-state index in [2.05, 4.69) is 23.6 Å². The molecule has 2 aromatic rings. The maximum Gasteiger partial charge on any atom is 0.285 e. The minimum atomic E-state index is -3.77. The van der Waals surface area contributed by atoms with Crippen LogP contribution in [-0.2, 0) is 10.0 Å². The van der Waals surface area contributed by atoms with Crippen LogP contribution in [0, 0.1) is 5.82 Å². The predicted octanol–water partition coefficient (Wildman–Crippen LogP) is 4.53. The molecule has 3 rings (SSSR count). The Bertz CT molecular complexity index is 957. The van der Waals surface area contributed by atoms with E-state index in [4.69, 9.17) is 0 Å². The Morgan fingerprint density at radius 3 is 2.16 bits per heavy atom. The topological polar surface area (TPSA) is 58.5 Å². The number of hydrogen-bond acceptors (Lipinski definition) is 3. The van der Waals surface area contributed by atoms with Gasteiger partial charge in [0.1, 0.15) is 16.6 Å². The average molecular weight is 358 g/mol. The van der Waals surface area contributed by atoms with Crippen LogP contribution in [0.5, 0.6) is 0 Å². The standard InChI is InChI=1S/C19H19FN2O2S/c1-12(2)14-4-6-15(7-5-14)18-13(3)19(22-25(18,23)24)21-17-10-8-16(20)9-11-17/h4-12H,1-3H3,(H,21,22). The highest BCUT2D eigenvalue weighted by Crippen LogP contribution is 2.33. The Morgan fingerprint density at radius 1 is 1.00 bits per heavy atom. The van der Waals surface area contributed by atoms with Crippen LogP contribution in [-0.4, -0.2) is 14.3 Å². The molecule has 0 radical (unpaired) electrons. The zero-order chi connectivity index (χ0) is 18.2. The van der Waals surface area contributed by atoms with Gasteiger partial charge >= 0.3 is 0 Å². The summed E-state index contributed by atoms with van der Waals surface area (Å²) in [6, 6.07) is 13.2. The van der Waals surface area contributed by atoms with E-state index in [1.807, 2.05) is 24.3 Å². The number of benzene rings is 2. The van der Waals surface area contributed by atoms with Gasteiger partial charge in [0.15, 0.2) is 0 Å². The molecule has 0 saturated carbocycles. The van der Waals surface area contributed by atoms with Crippen molar-refractivity contribution in [2.45, 2.75) is 26.7 Å². The van der Waals surface area contributed by atoms with Gasteiger partial charge in [0.2, 0.25) is 0 Å². The summed E-state index contributed by atoms with van der Waals surface area (Å²) in [4.78, 5) is 0.201. The fourth-order valence-corrected chi connectivity index (χ4v) is 4.14. The van der Waals surface area contributed by atoms with Gasteiger partial charge in [0.05, 0.1) is 0 Å². The second-order valence-corrected chi connectivity index (χ2v) is 7.82. The molecule has 1 aliphatic heterocycles. The molecule has 1 aliphatic rings. The van der Waals surface area contributed by atoms with Gasteiger partial charge in [0.25, 0.3) is 10.0 Å². The van der Waals surface area contributed by atoms with Crippen molar-refractivity contribution in [3.63, 3.8) is 0 Å². The van der Waals surface area contributed by atoms with Gasteiger partial charge in [-0.3, -0.25) is 0 Å². The van der Waals surface area contributed by atoms with Crippen molar-refractivity contribution in [2.75, 3.05) is 5.32 Å². The van der Waals surface area contributed by atoms with E-state index in [-0.39, 0.29) is 16.6 Å². The van der Waals surface area contributed by atoms with E-state index in [0.29, 0.717) is 22.7 Å². The number of nitrogens with zero attached hydrogens (tertiary/aromatic N) is 1. The van der Waals surface area contributed by atoms with E-state index in [0.717, 1.165) is 5.56 Å². The van der Waals surface area contributed by atoms with E-state index in [1.54, 1.807) is 6.92 Å². The molecule has 0 aromatic heterocycles. The Labute approximate surface area is 147 Å². The fourth-order valence-electron chi connectivity index (χ4n) is 2.71. The van der Waals surface area contributed by atoms with Crippen LogP contribution >= 0.6 is 0 Å². The van der Waals surface area contributed by atoms with Crippen molar-refractivity contribution in [3.05, 3.63) is 71.0 Å². The summed E-state index contributed by atoms with van der Waals surface area (Å²) in [5, 5.41) is 2.95. The minimum Gasteiger partial charge on any atom is -0.339 e. The molecule has 1 heterocycles. The Morgan fingerprint density at radius 2 is 1.60 bits per heavy atom. The van der Waals surface area contributed by atoms with E-state index in [9.17, 15) is 12.8 Å². The van der Waals surface area contributed by atoms with Gasteiger partial charge in [-0.1, -0.05) is 38.1 Å². The quantitative estimate of drug-likeness (QED) is 0.877. The average Bonchev–Trinajstić information content (AvgIpc) is 2.78. The molecule has 0 spiro atoms. The molecular formula is C19H19FN2O2S. The van der Waals surface area contributed by atoms with Gasteiger partial charge in [0, 0.05) is 11.3 Å². The first-order valence-electron chi connectivity index (χ1n) is 7.97. The fraction of sp³-hybridized carbons (Fsp3) is 0.211. The second-order valence-electron chi connectivity index (χ2n) is 6.28. The first-order chi connectivity index (χ1) is 11.8. The summed E-state index contributed by atoms with van der Waals surface area (Å²) in [6.07, 6.45) is 0. The minimum absolute atomic E-state index is 0.201. The highest BCUT2D eigenvalue weighted by atomic mass is 32.2. The normalized spacial score (nSPS) is 16.3. The lowest BCUT2D eigenvalue weighted by Crippen LogP contribution is -2.11. The van der Waals surface area contributed by atoms with Crippen LogP contribution in [0.1, 0.15) is 37.8 Å². The number of anilines is 1. The monoisotopic (exact) mass is 358 g/mol. The van der Waals surface area contributed by atoms with Crippen LogP contribution < -0.4 is 5.32 Å². The predicted molar refractivity (Wildman–Crippen MR) is 99.5 cm³/mol. The molecule has 0 saturated heterocycles. The third-order valence-corrected chi connectivity index (χ3v) is 5.59. The lowest BCUT2D eigenvalue weighted by molar-refractivity contribution is 0.608. The Hall–Kier alpha value is -2.47. The van der Waals surface area contributed by atoms with E-state index >= 15 is 0 Å².